The van der Waals surface area contributed by atoms with Crippen molar-refractivity contribution in [1.82, 2.24) is 14.9 Å². The maximum atomic E-state index is 13.2. The number of aromatic nitrogens is 2. The monoisotopic (exact) mass is 412 g/mol. The molecule has 4 rings (SSSR count). The number of nitrogens with one attached hydrogen (secondary N) is 2. The van der Waals surface area contributed by atoms with Crippen LogP contribution in [0.3, 0.4) is 0 Å². The number of H-pyrrole nitrogens is 1. The number of benzene rings is 2. The van der Waals surface area contributed by atoms with Crippen LogP contribution in [0.4, 0.5) is 10.1 Å². The van der Waals surface area contributed by atoms with Gasteiger partial charge in [-0.2, -0.15) is 0 Å². The summed E-state index contributed by atoms with van der Waals surface area (Å²) in [6, 6.07) is 13.2. The average molecular weight is 412 g/mol. The molecule has 2 heterocycles. The Balaban J connectivity index is 1.57. The van der Waals surface area contributed by atoms with E-state index < -0.39 is 0 Å². The largest absolute Gasteiger partial charge is 0.376 e. The molecule has 0 amide bonds. The molecule has 150 valence electrons. The lowest BCUT2D eigenvalue weighted by atomic mass is 10.2. The summed E-state index contributed by atoms with van der Waals surface area (Å²) in [5.41, 5.74) is 1.15. The van der Waals surface area contributed by atoms with Crippen molar-refractivity contribution >= 4 is 33.9 Å². The zero-order chi connectivity index (χ0) is 20.2. The van der Waals surface area contributed by atoms with E-state index in [4.69, 9.17) is 17.0 Å². The van der Waals surface area contributed by atoms with Crippen LogP contribution in [0.2, 0.25) is 0 Å². The van der Waals surface area contributed by atoms with Gasteiger partial charge in [-0.15, -0.1) is 0 Å². The minimum absolute atomic E-state index is 0.0650. The lowest BCUT2D eigenvalue weighted by Crippen LogP contribution is -2.40. The number of aromatic amines is 1. The maximum absolute atomic E-state index is 13.2. The summed E-state index contributed by atoms with van der Waals surface area (Å²) in [5, 5.41) is 4.14. The van der Waals surface area contributed by atoms with Gasteiger partial charge >= 0.3 is 0 Å². The van der Waals surface area contributed by atoms with Crippen molar-refractivity contribution in [2.75, 3.05) is 18.5 Å². The minimum atomic E-state index is -0.310. The van der Waals surface area contributed by atoms with Crippen molar-refractivity contribution in [3.63, 3.8) is 0 Å². The summed E-state index contributed by atoms with van der Waals surface area (Å²) in [7, 11) is 0. The van der Waals surface area contributed by atoms with E-state index in [1.807, 2.05) is 23.1 Å². The van der Waals surface area contributed by atoms with Gasteiger partial charge in [0.1, 0.15) is 11.6 Å². The van der Waals surface area contributed by atoms with E-state index >= 15 is 0 Å². The lowest BCUT2D eigenvalue weighted by molar-refractivity contribution is 0.0900. The molecule has 2 aromatic carbocycles. The summed E-state index contributed by atoms with van der Waals surface area (Å²) in [5.74, 6) is 0.213. The zero-order valence-electron chi connectivity index (χ0n) is 15.7. The molecular formula is C21H21FN4O2S. The van der Waals surface area contributed by atoms with Crippen molar-refractivity contribution < 1.29 is 9.13 Å². The van der Waals surface area contributed by atoms with E-state index in [-0.39, 0.29) is 17.5 Å². The number of fused-ring (bicyclic) bond motifs is 1. The molecule has 1 aliphatic rings. The molecule has 0 spiro atoms. The normalized spacial score (nSPS) is 16.1. The van der Waals surface area contributed by atoms with Crippen molar-refractivity contribution in [2.24, 2.45) is 0 Å². The van der Waals surface area contributed by atoms with E-state index in [2.05, 4.69) is 15.3 Å². The molecule has 1 atom stereocenters. The van der Waals surface area contributed by atoms with Gasteiger partial charge in [0.2, 0.25) is 0 Å². The van der Waals surface area contributed by atoms with Crippen molar-refractivity contribution in [2.45, 2.75) is 25.5 Å². The molecule has 0 radical (unpaired) electrons. The molecular weight excluding hydrogens is 391 g/mol. The summed E-state index contributed by atoms with van der Waals surface area (Å²) in [6.45, 7) is 1.64. The first-order chi connectivity index (χ1) is 14.1. The first-order valence-electron chi connectivity index (χ1n) is 9.49. The van der Waals surface area contributed by atoms with E-state index in [9.17, 15) is 9.18 Å². The maximum Gasteiger partial charge on any atom is 0.258 e. The standard InChI is InChI=1S/C21H21FN4O2S/c22-14-7-9-15(10-8-14)23-21(29)26(12-16-4-3-11-28-16)13-19-24-18-6-2-1-5-17(18)20(27)25-19/h1-2,5-10,16H,3-4,11-13H2,(H,23,29)(H,24,25,27)/t16-/m0/s1. The molecule has 1 aliphatic heterocycles. The van der Waals surface area contributed by atoms with E-state index in [0.717, 1.165) is 19.4 Å². The average Bonchev–Trinajstić information content (AvgIpc) is 3.22. The van der Waals surface area contributed by atoms with Crippen LogP contribution in [-0.2, 0) is 11.3 Å². The summed E-state index contributed by atoms with van der Waals surface area (Å²) < 4.78 is 18.9. The smallest absolute Gasteiger partial charge is 0.258 e. The number of nitrogens with zero attached hydrogens (tertiary/aromatic N) is 2. The molecule has 2 N–H and O–H groups in total. The summed E-state index contributed by atoms with van der Waals surface area (Å²) >= 11 is 5.60. The number of hydrogen-bond acceptors (Lipinski definition) is 4. The highest BCUT2D eigenvalue weighted by atomic mass is 32.1. The number of ether oxygens (including phenoxy) is 1. The number of para-hydroxylation sites is 1. The fraction of sp³-hybridized carbons (Fsp3) is 0.286. The second kappa shape index (κ2) is 8.67. The molecule has 0 saturated carbocycles. The Bertz CT molecular complexity index is 1060. The van der Waals surface area contributed by atoms with Gasteiger partial charge in [0, 0.05) is 18.8 Å². The number of halogens is 1. The highest BCUT2D eigenvalue weighted by molar-refractivity contribution is 7.80. The number of rotatable bonds is 5. The lowest BCUT2D eigenvalue weighted by Gasteiger charge is -2.28. The van der Waals surface area contributed by atoms with Crippen molar-refractivity contribution in [1.29, 1.82) is 0 Å². The quantitative estimate of drug-likeness (QED) is 0.626. The molecule has 29 heavy (non-hydrogen) atoms. The fourth-order valence-corrected chi connectivity index (χ4v) is 3.64. The van der Waals surface area contributed by atoms with E-state index in [1.165, 1.54) is 12.1 Å². The van der Waals surface area contributed by atoms with Crippen LogP contribution in [0.1, 0.15) is 18.7 Å². The number of thiocarbonyl (C=S) groups is 1. The van der Waals surface area contributed by atoms with Crippen LogP contribution in [0.25, 0.3) is 10.9 Å². The van der Waals surface area contributed by atoms with Crippen molar-refractivity contribution in [3.8, 4) is 0 Å². The van der Waals surface area contributed by atoms with Gasteiger partial charge in [-0.05, 0) is 61.5 Å². The Labute approximate surface area is 172 Å². The first kappa shape index (κ1) is 19.5. The SMILES string of the molecule is O=c1[nH]c(CN(C[C@@H]2CCCO2)C(=S)Nc2ccc(F)cc2)nc2ccccc12. The molecule has 0 aliphatic carbocycles. The van der Waals surface area contributed by atoms with Gasteiger partial charge < -0.3 is 19.9 Å². The van der Waals surface area contributed by atoms with E-state index in [1.54, 1.807) is 18.2 Å². The Morgan fingerprint density at radius 1 is 1.28 bits per heavy atom. The van der Waals surface area contributed by atoms with Gasteiger partial charge in [0.25, 0.3) is 5.56 Å². The molecule has 0 unspecified atom stereocenters. The first-order valence-corrected chi connectivity index (χ1v) is 9.90. The van der Waals surface area contributed by atoms with Crippen LogP contribution >= 0.6 is 12.2 Å². The third-order valence-corrected chi connectivity index (χ3v) is 5.19. The number of anilines is 1. The molecule has 0 bridgehead atoms. The summed E-state index contributed by atoms with van der Waals surface area (Å²) in [6.07, 6.45) is 2.04. The Morgan fingerprint density at radius 2 is 2.07 bits per heavy atom. The second-order valence-corrected chi connectivity index (χ2v) is 7.37. The Hall–Kier alpha value is -2.84. The van der Waals surface area contributed by atoms with Crippen LogP contribution in [0, 0.1) is 5.82 Å². The van der Waals surface area contributed by atoms with Gasteiger partial charge in [0.05, 0.1) is 23.6 Å². The predicted molar refractivity (Wildman–Crippen MR) is 114 cm³/mol. The minimum Gasteiger partial charge on any atom is -0.376 e. The van der Waals surface area contributed by atoms with Crippen LogP contribution in [0.5, 0.6) is 0 Å². The zero-order valence-corrected chi connectivity index (χ0v) is 16.5. The van der Waals surface area contributed by atoms with Gasteiger partial charge in [0.15, 0.2) is 5.11 Å². The Morgan fingerprint density at radius 3 is 2.83 bits per heavy atom. The highest BCUT2D eigenvalue weighted by Crippen LogP contribution is 2.17. The highest BCUT2D eigenvalue weighted by Gasteiger charge is 2.22. The van der Waals surface area contributed by atoms with Crippen molar-refractivity contribution in [3.05, 3.63) is 70.5 Å². The molecule has 6 nitrogen and oxygen atoms in total. The van der Waals surface area contributed by atoms with Crippen LogP contribution in [-0.4, -0.2) is 39.2 Å². The molecule has 8 heteroatoms. The van der Waals surface area contributed by atoms with Gasteiger partial charge in [-0.25, -0.2) is 9.37 Å². The fourth-order valence-electron chi connectivity index (χ4n) is 3.38. The topological polar surface area (TPSA) is 70.2 Å². The third kappa shape index (κ3) is 4.78. The summed E-state index contributed by atoms with van der Waals surface area (Å²) in [4.78, 5) is 21.7. The molecule has 1 saturated heterocycles. The molecule has 3 aromatic rings. The van der Waals surface area contributed by atoms with Crippen LogP contribution in [0.15, 0.2) is 53.3 Å². The third-order valence-electron chi connectivity index (χ3n) is 4.83. The predicted octanol–water partition coefficient (Wildman–Crippen LogP) is 3.44. The van der Waals surface area contributed by atoms with Crippen LogP contribution < -0.4 is 10.9 Å². The second-order valence-electron chi connectivity index (χ2n) is 6.98. The Kier molecular flexibility index (Phi) is 5.82. The molecule has 1 fully saturated rings. The van der Waals surface area contributed by atoms with Gasteiger partial charge in [-0.3, -0.25) is 4.79 Å². The number of hydrogen-bond donors (Lipinski definition) is 2. The van der Waals surface area contributed by atoms with Gasteiger partial charge in [-0.1, -0.05) is 12.1 Å². The molecule has 1 aromatic heterocycles. The van der Waals surface area contributed by atoms with E-state index in [0.29, 0.717) is 40.6 Å².